The molecule has 0 fully saturated rings. The van der Waals surface area contributed by atoms with Crippen molar-refractivity contribution in [1.82, 2.24) is 10.3 Å². The number of halogens is 2. The highest BCUT2D eigenvalue weighted by Crippen LogP contribution is 2.27. The van der Waals surface area contributed by atoms with Crippen molar-refractivity contribution in [2.24, 2.45) is 0 Å². The molecule has 0 radical (unpaired) electrons. The summed E-state index contributed by atoms with van der Waals surface area (Å²) in [5, 5.41) is 5.05. The number of nitrogens with one attached hydrogen (secondary N) is 1. The lowest BCUT2D eigenvalue weighted by Crippen LogP contribution is -2.22. The third-order valence-corrected chi connectivity index (χ3v) is 5.11. The maximum absolute atomic E-state index is 13.7. The first-order valence-electron chi connectivity index (χ1n) is 9.02. The van der Waals surface area contributed by atoms with Crippen molar-refractivity contribution < 1.29 is 22.7 Å². The van der Waals surface area contributed by atoms with Gasteiger partial charge in [0.1, 0.15) is 40.5 Å². The maximum Gasteiger partial charge on any atom is 0.271 e. The van der Waals surface area contributed by atoms with Gasteiger partial charge in [-0.05, 0) is 42.5 Å². The van der Waals surface area contributed by atoms with Gasteiger partial charge in [0.25, 0.3) is 5.91 Å². The Morgan fingerprint density at radius 1 is 1.13 bits per heavy atom. The van der Waals surface area contributed by atoms with E-state index in [0.29, 0.717) is 22.2 Å². The molecule has 0 saturated carbocycles. The first kappa shape index (κ1) is 19.8. The number of furan rings is 1. The minimum atomic E-state index is -0.530. The Bertz CT molecular complexity index is 1160. The van der Waals surface area contributed by atoms with Crippen LogP contribution in [0.2, 0.25) is 0 Å². The van der Waals surface area contributed by atoms with Crippen LogP contribution in [0.15, 0.2) is 70.7 Å². The number of thiazole rings is 1. The molecule has 0 aliphatic heterocycles. The number of hydrogen-bond acceptors (Lipinski definition) is 5. The molecule has 5 nitrogen and oxygen atoms in total. The van der Waals surface area contributed by atoms with Crippen LogP contribution in [0.5, 0.6) is 5.75 Å². The molecule has 2 aromatic heterocycles. The second-order valence-electron chi connectivity index (χ2n) is 6.35. The molecule has 8 heteroatoms. The number of carbonyl (C=O) groups is 1. The van der Waals surface area contributed by atoms with Gasteiger partial charge in [0.05, 0.1) is 12.8 Å². The molecule has 0 unspecified atom stereocenters. The number of carbonyl (C=O) groups excluding carboxylic acids is 1. The van der Waals surface area contributed by atoms with E-state index >= 15 is 0 Å². The minimum Gasteiger partial charge on any atom is -0.489 e. The molecule has 152 valence electrons. The molecule has 0 saturated heterocycles. The molecule has 0 aliphatic carbocycles. The van der Waals surface area contributed by atoms with E-state index in [1.807, 2.05) is 6.07 Å². The average molecular weight is 426 g/mol. The highest BCUT2D eigenvalue weighted by molar-refractivity contribution is 7.13. The molecular weight excluding hydrogens is 410 g/mol. The Balaban J connectivity index is 1.42. The average Bonchev–Trinajstić information content (AvgIpc) is 3.45. The molecule has 1 amide bonds. The Morgan fingerprint density at radius 3 is 2.87 bits per heavy atom. The summed E-state index contributed by atoms with van der Waals surface area (Å²) in [5.74, 6) is -0.224. The topological polar surface area (TPSA) is 64.4 Å². The fourth-order valence-corrected chi connectivity index (χ4v) is 3.51. The summed E-state index contributed by atoms with van der Waals surface area (Å²) in [6, 6.07) is 13.8. The zero-order valence-electron chi connectivity index (χ0n) is 15.6. The molecule has 4 rings (SSSR count). The first-order valence-corrected chi connectivity index (χ1v) is 9.90. The van der Waals surface area contributed by atoms with E-state index in [-0.39, 0.29) is 24.6 Å². The minimum absolute atomic E-state index is 0.106. The third-order valence-electron chi connectivity index (χ3n) is 4.22. The van der Waals surface area contributed by atoms with Crippen LogP contribution in [0, 0.1) is 11.6 Å². The van der Waals surface area contributed by atoms with Crippen molar-refractivity contribution in [2.75, 3.05) is 0 Å². The fourth-order valence-electron chi connectivity index (χ4n) is 2.72. The number of rotatable bonds is 7. The van der Waals surface area contributed by atoms with Crippen LogP contribution in [0.25, 0.3) is 10.6 Å². The number of hydrogen-bond donors (Lipinski definition) is 1. The predicted molar refractivity (Wildman–Crippen MR) is 108 cm³/mol. The number of aromatic nitrogens is 1. The van der Waals surface area contributed by atoms with Gasteiger partial charge in [-0.25, -0.2) is 13.8 Å². The Kier molecular flexibility index (Phi) is 5.85. The van der Waals surface area contributed by atoms with Gasteiger partial charge in [-0.15, -0.1) is 11.3 Å². The number of nitrogens with zero attached hydrogens (tertiary/aromatic N) is 1. The lowest BCUT2D eigenvalue weighted by molar-refractivity contribution is 0.0944. The monoisotopic (exact) mass is 426 g/mol. The number of ether oxygens (including phenoxy) is 1. The summed E-state index contributed by atoms with van der Waals surface area (Å²) in [6.45, 7) is 0.171. The summed E-state index contributed by atoms with van der Waals surface area (Å²) in [6.07, 6.45) is 1.54. The predicted octanol–water partition coefficient (Wildman–Crippen LogP) is 5.19. The van der Waals surface area contributed by atoms with Crippen molar-refractivity contribution >= 4 is 17.2 Å². The zero-order chi connectivity index (χ0) is 20.9. The van der Waals surface area contributed by atoms with Crippen LogP contribution in [0.1, 0.15) is 21.8 Å². The van der Waals surface area contributed by atoms with Gasteiger partial charge in [-0.2, -0.15) is 0 Å². The zero-order valence-corrected chi connectivity index (χ0v) is 16.4. The number of amides is 1. The third kappa shape index (κ3) is 4.72. The van der Waals surface area contributed by atoms with Gasteiger partial charge in [0.15, 0.2) is 0 Å². The van der Waals surface area contributed by atoms with Gasteiger partial charge in [-0.3, -0.25) is 4.79 Å². The van der Waals surface area contributed by atoms with Crippen LogP contribution in [-0.4, -0.2) is 10.9 Å². The molecule has 0 atom stereocenters. The molecule has 2 heterocycles. The van der Waals surface area contributed by atoms with Gasteiger partial charge in [-0.1, -0.05) is 12.1 Å². The summed E-state index contributed by atoms with van der Waals surface area (Å²) < 4.78 is 37.8. The van der Waals surface area contributed by atoms with E-state index in [1.165, 1.54) is 11.3 Å². The molecule has 0 bridgehead atoms. The van der Waals surface area contributed by atoms with Crippen molar-refractivity contribution in [3.8, 4) is 16.3 Å². The van der Waals surface area contributed by atoms with E-state index in [1.54, 1.807) is 42.0 Å². The Hall–Kier alpha value is -3.52. The molecule has 1 N–H and O–H groups in total. The summed E-state index contributed by atoms with van der Waals surface area (Å²) in [4.78, 5) is 16.6. The van der Waals surface area contributed by atoms with E-state index in [9.17, 15) is 13.6 Å². The quantitative estimate of drug-likeness (QED) is 0.442. The summed E-state index contributed by atoms with van der Waals surface area (Å²) in [5.41, 5.74) is 1.18. The molecule has 0 aliphatic rings. The second-order valence-corrected chi connectivity index (χ2v) is 7.21. The normalized spacial score (nSPS) is 10.7. The number of benzene rings is 2. The van der Waals surface area contributed by atoms with Crippen LogP contribution in [0.4, 0.5) is 8.78 Å². The second kappa shape index (κ2) is 8.87. The highest BCUT2D eigenvalue weighted by atomic mass is 32.1. The largest absolute Gasteiger partial charge is 0.489 e. The Labute approximate surface area is 175 Å². The van der Waals surface area contributed by atoms with Crippen molar-refractivity contribution in [2.45, 2.75) is 13.2 Å². The molecule has 4 aromatic rings. The van der Waals surface area contributed by atoms with Crippen LogP contribution >= 0.6 is 11.3 Å². The highest BCUT2D eigenvalue weighted by Gasteiger charge is 2.13. The van der Waals surface area contributed by atoms with Gasteiger partial charge >= 0.3 is 0 Å². The summed E-state index contributed by atoms with van der Waals surface area (Å²) >= 11 is 1.32. The van der Waals surface area contributed by atoms with Crippen molar-refractivity contribution in [3.05, 3.63) is 94.9 Å². The van der Waals surface area contributed by atoms with Crippen LogP contribution in [0.3, 0.4) is 0 Å². The fraction of sp³-hybridized carbons (Fsp3) is 0.0909. The van der Waals surface area contributed by atoms with Crippen LogP contribution in [-0.2, 0) is 13.2 Å². The van der Waals surface area contributed by atoms with Gasteiger partial charge < -0.3 is 14.5 Å². The molecule has 2 aromatic carbocycles. The summed E-state index contributed by atoms with van der Waals surface area (Å²) in [7, 11) is 0. The Morgan fingerprint density at radius 2 is 2.03 bits per heavy atom. The van der Waals surface area contributed by atoms with Gasteiger partial charge in [0, 0.05) is 16.5 Å². The van der Waals surface area contributed by atoms with Gasteiger partial charge in [0.2, 0.25) is 0 Å². The van der Waals surface area contributed by atoms with E-state index in [0.717, 1.165) is 23.8 Å². The maximum atomic E-state index is 13.7. The molecule has 30 heavy (non-hydrogen) atoms. The molecular formula is C22H16F2N2O3S. The lowest BCUT2D eigenvalue weighted by atomic mass is 10.2. The van der Waals surface area contributed by atoms with Crippen LogP contribution < -0.4 is 10.1 Å². The smallest absolute Gasteiger partial charge is 0.271 e. The van der Waals surface area contributed by atoms with E-state index < -0.39 is 11.6 Å². The lowest BCUT2D eigenvalue weighted by Gasteiger charge is -2.08. The SMILES string of the molecule is O=C(NCc1ccco1)c1csc(-c2cccc(OCc3cc(F)ccc3F)c2)n1. The first-order chi connectivity index (χ1) is 14.6. The van der Waals surface area contributed by atoms with Crippen molar-refractivity contribution in [3.63, 3.8) is 0 Å². The van der Waals surface area contributed by atoms with Crippen molar-refractivity contribution in [1.29, 1.82) is 0 Å². The van der Waals surface area contributed by atoms with E-state index in [2.05, 4.69) is 10.3 Å². The molecule has 0 spiro atoms. The van der Waals surface area contributed by atoms with E-state index in [4.69, 9.17) is 9.15 Å². The standard InChI is InChI=1S/C22H16F2N2O3S/c23-16-6-7-19(24)15(9-16)12-29-17-4-1-3-14(10-17)22-26-20(13-30-22)21(27)25-11-18-5-2-8-28-18/h1-10,13H,11-12H2,(H,25,27).